The highest BCUT2D eigenvalue weighted by atomic mass is 35.5. The minimum Gasteiger partial charge on any atom is -0.480 e. The maximum absolute atomic E-state index is 10.9. The Balaban J connectivity index is 1.80. The van der Waals surface area contributed by atoms with Crippen molar-refractivity contribution in [1.29, 1.82) is 0 Å². The lowest BCUT2D eigenvalue weighted by Gasteiger charge is -2.72. The molecular weight excluding hydrogens is 273 g/mol. The number of hydrogen-bond donors (Lipinski definition) is 2. The number of hydrogen-bond acceptors (Lipinski definition) is 2. The fraction of sp³-hybridized carbons (Fsp3) is 0.462. The van der Waals surface area contributed by atoms with Gasteiger partial charge < -0.3 is 10.8 Å². The van der Waals surface area contributed by atoms with E-state index in [4.69, 9.17) is 34.0 Å². The van der Waals surface area contributed by atoms with Crippen LogP contribution in [-0.4, -0.2) is 17.1 Å². The van der Waals surface area contributed by atoms with Crippen molar-refractivity contribution in [2.45, 2.75) is 30.7 Å². The van der Waals surface area contributed by atoms with E-state index in [2.05, 4.69) is 0 Å². The number of carboxylic acids is 1. The Morgan fingerprint density at radius 1 is 1.28 bits per heavy atom. The molecule has 0 aliphatic heterocycles. The highest BCUT2D eigenvalue weighted by Crippen LogP contribution is 2.74. The second-order valence-corrected chi connectivity index (χ2v) is 6.43. The van der Waals surface area contributed by atoms with E-state index in [1.54, 1.807) is 6.07 Å². The fourth-order valence-corrected chi connectivity index (χ4v) is 3.89. The topological polar surface area (TPSA) is 63.3 Å². The van der Waals surface area contributed by atoms with E-state index < -0.39 is 12.0 Å². The lowest BCUT2D eigenvalue weighted by molar-refractivity contribution is -0.178. The van der Waals surface area contributed by atoms with Gasteiger partial charge in [0.1, 0.15) is 6.04 Å². The second-order valence-electron chi connectivity index (χ2n) is 5.62. The molecule has 0 aromatic heterocycles. The van der Waals surface area contributed by atoms with Gasteiger partial charge in [-0.05, 0) is 47.8 Å². The molecule has 0 amide bonds. The third-order valence-electron chi connectivity index (χ3n) is 4.53. The SMILES string of the molecule is NC(C(=O)O)C12CC(c3ccc(Cl)c(Cl)c3)(C1)C2. The standard InChI is InChI=1S/C13H13Cl2NO2/c14-8-2-1-7(3-9(8)15)12-4-13(5-12,6-12)10(16)11(17)18/h1-3,10H,4-6,16H2,(H,17,18). The van der Waals surface area contributed by atoms with Gasteiger partial charge in [0.25, 0.3) is 0 Å². The van der Waals surface area contributed by atoms with Crippen molar-refractivity contribution in [3.63, 3.8) is 0 Å². The van der Waals surface area contributed by atoms with Gasteiger partial charge in [-0.1, -0.05) is 29.3 Å². The van der Waals surface area contributed by atoms with Gasteiger partial charge in [0.15, 0.2) is 0 Å². The molecule has 2 bridgehead atoms. The van der Waals surface area contributed by atoms with E-state index in [-0.39, 0.29) is 10.8 Å². The van der Waals surface area contributed by atoms with Crippen LogP contribution in [0.4, 0.5) is 0 Å². The van der Waals surface area contributed by atoms with Crippen molar-refractivity contribution in [3.8, 4) is 0 Å². The molecule has 3 fully saturated rings. The molecule has 3 saturated carbocycles. The maximum Gasteiger partial charge on any atom is 0.321 e. The quantitative estimate of drug-likeness (QED) is 0.898. The van der Waals surface area contributed by atoms with E-state index in [1.807, 2.05) is 12.1 Å². The molecule has 0 spiro atoms. The molecule has 1 aromatic carbocycles. The minimum atomic E-state index is -0.905. The summed E-state index contributed by atoms with van der Waals surface area (Å²) >= 11 is 11.9. The van der Waals surface area contributed by atoms with E-state index >= 15 is 0 Å². The molecule has 1 unspecified atom stereocenters. The summed E-state index contributed by atoms with van der Waals surface area (Å²) in [6.07, 6.45) is 2.52. The van der Waals surface area contributed by atoms with Crippen molar-refractivity contribution in [1.82, 2.24) is 0 Å². The lowest BCUT2D eigenvalue weighted by Crippen LogP contribution is -2.72. The Morgan fingerprint density at radius 3 is 2.39 bits per heavy atom. The molecule has 0 heterocycles. The molecule has 3 aliphatic rings. The van der Waals surface area contributed by atoms with Crippen LogP contribution in [0.3, 0.4) is 0 Å². The largest absolute Gasteiger partial charge is 0.480 e. The zero-order valence-electron chi connectivity index (χ0n) is 9.62. The first kappa shape index (κ1) is 12.3. The Labute approximate surface area is 115 Å². The number of carboxylic acid groups (broad SMARTS) is 1. The van der Waals surface area contributed by atoms with Gasteiger partial charge in [-0.25, -0.2) is 0 Å². The number of benzene rings is 1. The van der Waals surface area contributed by atoms with Gasteiger partial charge in [-0.15, -0.1) is 0 Å². The predicted octanol–water partition coefficient (Wildman–Crippen LogP) is 2.83. The zero-order chi connectivity index (χ0) is 13.1. The van der Waals surface area contributed by atoms with Gasteiger partial charge >= 0.3 is 5.97 Å². The van der Waals surface area contributed by atoms with Crippen LogP contribution in [0.1, 0.15) is 24.8 Å². The minimum absolute atomic E-state index is 0.0846. The van der Waals surface area contributed by atoms with Crippen LogP contribution in [0.5, 0.6) is 0 Å². The number of rotatable bonds is 3. The average molecular weight is 286 g/mol. The Kier molecular flexibility index (Phi) is 2.47. The van der Waals surface area contributed by atoms with Crippen LogP contribution in [0.15, 0.2) is 18.2 Å². The first-order valence-corrected chi connectivity index (χ1v) is 6.58. The summed E-state index contributed by atoms with van der Waals surface area (Å²) in [5.74, 6) is -0.905. The molecule has 3 nitrogen and oxygen atoms in total. The van der Waals surface area contributed by atoms with Gasteiger partial charge in [0.05, 0.1) is 10.0 Å². The summed E-state index contributed by atoms with van der Waals surface area (Å²) in [4.78, 5) is 10.9. The summed E-state index contributed by atoms with van der Waals surface area (Å²) in [5.41, 5.74) is 6.78. The van der Waals surface area contributed by atoms with E-state index in [1.165, 1.54) is 0 Å². The summed E-state index contributed by atoms with van der Waals surface area (Å²) in [7, 11) is 0. The molecule has 1 aromatic rings. The molecule has 18 heavy (non-hydrogen) atoms. The average Bonchev–Trinajstić information content (AvgIpc) is 2.19. The molecule has 0 radical (unpaired) electrons. The molecular formula is C13H13Cl2NO2. The third-order valence-corrected chi connectivity index (χ3v) is 5.27. The molecule has 3 N–H and O–H groups in total. The number of aliphatic carboxylic acids is 1. The monoisotopic (exact) mass is 285 g/mol. The zero-order valence-corrected chi connectivity index (χ0v) is 11.1. The van der Waals surface area contributed by atoms with Gasteiger partial charge in [-0.3, -0.25) is 4.79 Å². The Bertz CT molecular complexity index is 524. The van der Waals surface area contributed by atoms with Crippen LogP contribution < -0.4 is 5.73 Å². The lowest BCUT2D eigenvalue weighted by atomic mass is 9.31. The second kappa shape index (κ2) is 3.62. The fourth-order valence-electron chi connectivity index (χ4n) is 3.59. The summed E-state index contributed by atoms with van der Waals surface area (Å²) in [5, 5.41) is 10.1. The van der Waals surface area contributed by atoms with Crippen molar-refractivity contribution in [3.05, 3.63) is 33.8 Å². The van der Waals surface area contributed by atoms with Gasteiger partial charge in [0.2, 0.25) is 0 Å². The van der Waals surface area contributed by atoms with Crippen LogP contribution in [0, 0.1) is 5.41 Å². The van der Waals surface area contributed by atoms with E-state index in [0.29, 0.717) is 10.0 Å². The molecule has 96 valence electrons. The normalized spacial score (nSPS) is 34.4. The van der Waals surface area contributed by atoms with Crippen molar-refractivity contribution in [2.24, 2.45) is 11.1 Å². The highest BCUT2D eigenvalue weighted by molar-refractivity contribution is 6.42. The number of nitrogens with two attached hydrogens (primary N) is 1. The molecule has 0 saturated heterocycles. The van der Waals surface area contributed by atoms with Crippen LogP contribution in [-0.2, 0) is 10.2 Å². The summed E-state index contributed by atoms with van der Waals surface area (Å²) in [6.45, 7) is 0. The van der Waals surface area contributed by atoms with Crippen molar-refractivity contribution >= 4 is 29.2 Å². The summed E-state index contributed by atoms with van der Waals surface area (Å²) in [6, 6.07) is 4.91. The summed E-state index contributed by atoms with van der Waals surface area (Å²) < 4.78 is 0. The van der Waals surface area contributed by atoms with E-state index in [0.717, 1.165) is 24.8 Å². The van der Waals surface area contributed by atoms with Crippen LogP contribution in [0.2, 0.25) is 10.0 Å². The smallest absolute Gasteiger partial charge is 0.321 e. The molecule has 1 atom stereocenters. The third kappa shape index (κ3) is 1.44. The van der Waals surface area contributed by atoms with Gasteiger partial charge in [-0.2, -0.15) is 0 Å². The van der Waals surface area contributed by atoms with Crippen molar-refractivity contribution < 1.29 is 9.90 Å². The highest BCUT2D eigenvalue weighted by Gasteiger charge is 2.71. The van der Waals surface area contributed by atoms with Gasteiger partial charge in [0, 0.05) is 0 Å². The van der Waals surface area contributed by atoms with Crippen LogP contribution >= 0.6 is 23.2 Å². The Hall–Kier alpha value is -0.770. The van der Waals surface area contributed by atoms with E-state index in [9.17, 15) is 4.79 Å². The van der Waals surface area contributed by atoms with Crippen LogP contribution in [0.25, 0.3) is 0 Å². The van der Waals surface area contributed by atoms with Crippen molar-refractivity contribution in [2.75, 3.05) is 0 Å². The first-order valence-electron chi connectivity index (χ1n) is 5.83. The molecule has 3 aliphatic carbocycles. The Morgan fingerprint density at radius 2 is 1.89 bits per heavy atom. The molecule has 4 rings (SSSR count). The maximum atomic E-state index is 10.9. The number of halogens is 2. The predicted molar refractivity (Wildman–Crippen MR) is 70.0 cm³/mol. The number of carbonyl (C=O) groups is 1. The molecule has 5 heteroatoms. The first-order chi connectivity index (χ1) is 8.39.